The summed E-state index contributed by atoms with van der Waals surface area (Å²) in [5, 5.41) is 54.3. The van der Waals surface area contributed by atoms with E-state index in [9.17, 15) is 58.5 Å². The Bertz CT molecular complexity index is 2230. The van der Waals surface area contributed by atoms with Gasteiger partial charge in [0.1, 0.15) is 24.3 Å². The van der Waals surface area contributed by atoms with Crippen LogP contribution in [0, 0.1) is 0 Å². The van der Waals surface area contributed by atoms with Gasteiger partial charge in [-0.05, 0) is 64.2 Å². The first-order chi connectivity index (χ1) is 54.2. The summed E-state index contributed by atoms with van der Waals surface area (Å²) in [5.41, 5.74) is 0. The predicted octanol–water partition coefficient (Wildman–Crippen LogP) is 12.1. The fourth-order valence-corrected chi connectivity index (χ4v) is 15.1. The second-order valence-electron chi connectivity index (χ2n) is 31.6. The Hall–Kier alpha value is -0.0600. The molecule has 0 aliphatic rings. The largest absolute Gasteiger partial charge is 1.00 e. The average Bonchev–Trinajstić information content (AvgIpc) is 0.913. The first kappa shape index (κ1) is 118. The number of rotatable bonds is 90. The second kappa shape index (κ2) is 86.5. The molecule has 0 aromatic heterocycles. The fourth-order valence-electron chi connectivity index (χ4n) is 13.6. The molecule has 666 valence electrons. The maximum absolute atomic E-state index is 13.3. The number of amides is 2. The van der Waals surface area contributed by atoms with E-state index in [-0.39, 0.29) is 148 Å². The van der Waals surface area contributed by atoms with Crippen molar-refractivity contribution in [2.75, 3.05) is 65.9 Å². The molecule has 0 saturated carbocycles. The molecule has 0 aromatic rings. The van der Waals surface area contributed by atoms with Gasteiger partial charge in [-0.3, -0.25) is 38.9 Å². The Morgan fingerprint density at radius 3 is 1.20 bits per heavy atom. The number of hydrogen-bond acceptors (Lipinski definition) is 22. The molecule has 0 aliphatic carbocycles. The molecule has 24 nitrogen and oxygen atoms in total. The van der Waals surface area contributed by atoms with Crippen molar-refractivity contribution in [1.82, 2.24) is 21.3 Å². The van der Waals surface area contributed by atoms with Crippen molar-refractivity contribution in [3.05, 3.63) is 0 Å². The topological polar surface area (TPSA) is 351 Å². The second-order valence-corrected chi connectivity index (χ2v) is 34.4. The molecule has 28 heteroatoms. The molecule has 8 N–H and O–H groups in total. The number of nitrogens with one attached hydrogen (secondary N) is 4. The molecule has 0 spiro atoms. The molecule has 0 rings (SSSR count). The van der Waals surface area contributed by atoms with Crippen LogP contribution in [-0.4, -0.2) is 159 Å². The van der Waals surface area contributed by atoms with E-state index in [1.165, 1.54) is 141 Å². The zero-order valence-corrected chi connectivity index (χ0v) is 79.7. The zero-order valence-electron chi connectivity index (χ0n) is 73.9. The van der Waals surface area contributed by atoms with Crippen molar-refractivity contribution in [3.8, 4) is 0 Å². The molecular weight excluding hydrogens is 1520 g/mol. The van der Waals surface area contributed by atoms with Crippen molar-refractivity contribution in [2.24, 2.45) is 0 Å². The Balaban J connectivity index is -0.0000616. The molecule has 10 unspecified atom stereocenters. The molecule has 0 saturated heterocycles. The average molecular weight is 1690 g/mol. The van der Waals surface area contributed by atoms with E-state index in [2.05, 4.69) is 62.8 Å². The van der Waals surface area contributed by atoms with Gasteiger partial charge in [0.05, 0.1) is 77.0 Å². The molecule has 0 aromatic carbocycles. The maximum atomic E-state index is 13.3. The van der Waals surface area contributed by atoms with Gasteiger partial charge in [-0.25, -0.2) is 0 Å². The number of hydrogen-bond donors (Lipinski definition) is 8. The molecule has 114 heavy (non-hydrogen) atoms. The molecule has 0 heterocycles. The number of phosphoric ester groups is 2. The van der Waals surface area contributed by atoms with Crippen LogP contribution in [0.5, 0.6) is 0 Å². The van der Waals surface area contributed by atoms with Crippen LogP contribution >= 0.6 is 15.6 Å². The van der Waals surface area contributed by atoms with Gasteiger partial charge in [-0.2, -0.15) is 0 Å². The van der Waals surface area contributed by atoms with Gasteiger partial charge in [-0.1, -0.05) is 311 Å². The number of aliphatic hydroxyl groups excluding tert-OH is 4. The number of aliphatic hydroxyl groups is 4. The smallest absolute Gasteiger partial charge is 0.756 e. The number of carbonyl (C=O) groups is 4. The zero-order chi connectivity index (χ0) is 82.5. The fraction of sp³-hybridized carbons (Fsp3) is 0.953. The normalized spacial score (nSPS) is 14.8. The van der Waals surface area contributed by atoms with E-state index in [1.807, 2.05) is 0 Å². The summed E-state index contributed by atoms with van der Waals surface area (Å²) >= 11 is 0. The number of unbranched alkanes of at least 4 members (excludes halogenated alkanes) is 40. The molecule has 0 aliphatic heterocycles. The minimum atomic E-state index is -4.99. The van der Waals surface area contributed by atoms with Gasteiger partial charge < -0.3 is 77.9 Å². The number of Topliss-reactive ketones (excluding diaryl/α,β-unsaturated/α-hetero) is 1. The Morgan fingerprint density at radius 1 is 0.360 bits per heavy atom. The third-order valence-corrected chi connectivity index (χ3v) is 22.4. The van der Waals surface area contributed by atoms with Crippen LogP contribution in [0.3, 0.4) is 0 Å². The van der Waals surface area contributed by atoms with Gasteiger partial charge >= 0.3 is 65.1 Å². The van der Waals surface area contributed by atoms with Gasteiger partial charge in [-0.15, -0.1) is 0 Å². The Morgan fingerprint density at radius 2 is 0.737 bits per heavy atom. The van der Waals surface area contributed by atoms with Crippen LogP contribution in [0.15, 0.2) is 0 Å². The van der Waals surface area contributed by atoms with Crippen molar-refractivity contribution in [3.63, 3.8) is 0 Å². The number of carbonyl (C=O) groups excluding carboxylic acids is 4. The summed E-state index contributed by atoms with van der Waals surface area (Å²) in [7, 11) is -9.98. The number of esters is 1. The van der Waals surface area contributed by atoms with Crippen LogP contribution in [0.1, 0.15) is 414 Å². The van der Waals surface area contributed by atoms with Crippen molar-refractivity contribution >= 4 is 39.2 Å². The molecule has 0 bridgehead atoms. The van der Waals surface area contributed by atoms with E-state index >= 15 is 0 Å². The Kier molecular flexibility index (Phi) is 89.6. The predicted molar refractivity (Wildman–Crippen MR) is 446 cm³/mol. The van der Waals surface area contributed by atoms with Gasteiger partial charge in [0.2, 0.25) is 11.8 Å². The monoisotopic (exact) mass is 1690 g/mol. The molecule has 2 amide bonds. The van der Waals surface area contributed by atoms with Gasteiger partial charge in [0, 0.05) is 51.8 Å². The number of phosphoric acid groups is 2. The molecule has 0 radical (unpaired) electrons. The van der Waals surface area contributed by atoms with Crippen molar-refractivity contribution in [2.45, 2.75) is 463 Å². The van der Waals surface area contributed by atoms with Gasteiger partial charge in [0.25, 0.3) is 15.6 Å². The third-order valence-electron chi connectivity index (χ3n) is 20.5. The van der Waals surface area contributed by atoms with E-state index in [0.717, 1.165) is 154 Å². The van der Waals surface area contributed by atoms with Crippen LogP contribution in [0.25, 0.3) is 0 Å². The first-order valence-electron chi connectivity index (χ1n) is 45.7. The quantitative estimate of drug-likeness (QED) is 0.00922. The minimum absolute atomic E-state index is 0. The summed E-state index contributed by atoms with van der Waals surface area (Å²) in [4.78, 5) is 78.3. The van der Waals surface area contributed by atoms with E-state index in [1.54, 1.807) is 0 Å². The molecule has 0 fully saturated rings. The Labute approximate surface area is 738 Å². The number of ketones is 1. The summed E-state index contributed by atoms with van der Waals surface area (Å²) in [5.74, 6) is -1.39. The van der Waals surface area contributed by atoms with Gasteiger partial charge in [0.15, 0.2) is 6.29 Å². The SMILES string of the molecule is CCCCCCCCCCCC(=O)CC(O)NC(COCCC(CCCCCCC)OC(=O)CCCCCCCCCCC)COP(=O)([O-])OCCNC(=O)CCC(O)NCCOP(=O)([O-])OCC(COCCC(CCCCCCC)OC(O)CCCCCCCCCCC)NC(=O)CC(O)CCCCCCCCCCC.[Na+].[Na+]. The summed E-state index contributed by atoms with van der Waals surface area (Å²) in [6, 6.07) is -1.85. The van der Waals surface area contributed by atoms with E-state index < -0.39 is 90.8 Å². The van der Waals surface area contributed by atoms with Crippen molar-refractivity contribution in [1.29, 1.82) is 0 Å². The van der Waals surface area contributed by atoms with E-state index in [0.29, 0.717) is 51.4 Å². The van der Waals surface area contributed by atoms with E-state index in [4.69, 9.17) is 37.0 Å². The summed E-state index contributed by atoms with van der Waals surface area (Å²) in [6.07, 6.45) is 49.7. The van der Waals surface area contributed by atoms with Crippen molar-refractivity contribution < 1.29 is 155 Å². The van der Waals surface area contributed by atoms with Crippen LogP contribution in [0.4, 0.5) is 0 Å². The van der Waals surface area contributed by atoms with Crippen LogP contribution < -0.4 is 90.2 Å². The van der Waals surface area contributed by atoms with Crippen LogP contribution in [0.2, 0.25) is 0 Å². The first-order valence-corrected chi connectivity index (χ1v) is 48.6. The maximum Gasteiger partial charge on any atom is 1.00 e. The third kappa shape index (κ3) is 82.9. The standard InChI is InChI=1S/C86H172N4O20P2.2Na/c1-7-13-19-25-29-33-37-43-47-53-77(91)69-83(95)89-75(71-103-65-61-79(55-49-41-23-17-11-5)109-85(97)57-51-45-39-35-31-27-21-15-9-3)73-107-111(99,100)105-67-63-87-81(93)59-60-82(94)88-64-68-106-112(101,102)108-74-76(90-84(96)70-78(92)54-48-44-38-34-30-26-20-14-8-2)72-104-66-62-80(56-50-42-24-18-12-6)110-86(98)58-52-46-40-36-32-28-22-16-10-4;;/h75-77,79-81,84-85,87,90-91,93,96-97H,7-74H2,1-6H3,(H,88,94)(H,89,95)(H,99,100)(H,101,102);;/q;2*+1/p-2. The number of ether oxygens (including phenoxy) is 4. The van der Waals surface area contributed by atoms with Crippen LogP contribution in [-0.2, 0) is 65.4 Å². The summed E-state index contributed by atoms with van der Waals surface area (Å²) in [6.45, 7) is 10.9. The molecular formula is C86H170N4Na2O20P2. The molecule has 10 atom stereocenters. The summed E-state index contributed by atoms with van der Waals surface area (Å²) < 4.78 is 71.1. The minimum Gasteiger partial charge on any atom is -0.756 e.